The van der Waals surface area contributed by atoms with Crippen molar-refractivity contribution in [2.45, 2.75) is 33.4 Å². The second-order valence-corrected chi connectivity index (χ2v) is 4.60. The van der Waals surface area contributed by atoms with Gasteiger partial charge in [0.2, 0.25) is 5.76 Å². The topological polar surface area (TPSA) is 75.4 Å². The van der Waals surface area contributed by atoms with Gasteiger partial charge in [0.05, 0.1) is 12.2 Å². The molecule has 0 saturated heterocycles. The van der Waals surface area contributed by atoms with Crippen molar-refractivity contribution in [1.29, 1.82) is 0 Å². The highest BCUT2D eigenvalue weighted by molar-refractivity contribution is 5.86. The van der Waals surface area contributed by atoms with E-state index >= 15 is 0 Å². The number of hydrogen-bond acceptors (Lipinski definition) is 4. The van der Waals surface area contributed by atoms with Crippen molar-refractivity contribution >= 4 is 5.97 Å². The number of hydrogen-bond donors (Lipinski definition) is 2. The number of carboxylic acid groups (broad SMARTS) is 1. The molecule has 0 saturated carbocycles. The van der Waals surface area contributed by atoms with E-state index in [-0.39, 0.29) is 5.76 Å². The van der Waals surface area contributed by atoms with E-state index in [0.29, 0.717) is 24.4 Å². The number of furan rings is 1. The lowest BCUT2D eigenvalue weighted by Crippen LogP contribution is -2.14. The number of aromatic carboxylic acids is 1. The van der Waals surface area contributed by atoms with Crippen molar-refractivity contribution in [3.8, 4) is 0 Å². The van der Waals surface area contributed by atoms with E-state index in [1.165, 1.54) is 5.56 Å². The van der Waals surface area contributed by atoms with Crippen LogP contribution in [-0.4, -0.2) is 16.1 Å². The van der Waals surface area contributed by atoms with Gasteiger partial charge in [0.15, 0.2) is 0 Å². The standard InChI is InChI=1S/C15H18N2O3/c1-3-11-5-4-6-17-13(11)9-16-8-12-7-10(2)14(20-12)15(18)19/h4-7,16H,3,8-9H2,1-2H3,(H,18,19). The lowest BCUT2D eigenvalue weighted by molar-refractivity contribution is 0.0659. The number of pyridine rings is 1. The van der Waals surface area contributed by atoms with Crippen LogP contribution in [0.2, 0.25) is 0 Å². The van der Waals surface area contributed by atoms with Crippen LogP contribution in [0.15, 0.2) is 28.8 Å². The number of nitrogens with one attached hydrogen (secondary N) is 1. The second-order valence-electron chi connectivity index (χ2n) is 4.60. The molecule has 2 aromatic rings. The summed E-state index contributed by atoms with van der Waals surface area (Å²) in [5.74, 6) is -0.408. The molecule has 0 aliphatic carbocycles. The lowest BCUT2D eigenvalue weighted by Gasteiger charge is -2.06. The van der Waals surface area contributed by atoms with Crippen LogP contribution in [0.25, 0.3) is 0 Å². The SMILES string of the molecule is CCc1cccnc1CNCc1cc(C)c(C(=O)O)o1. The van der Waals surface area contributed by atoms with Crippen molar-refractivity contribution in [3.05, 3.63) is 52.7 Å². The van der Waals surface area contributed by atoms with E-state index < -0.39 is 5.97 Å². The number of rotatable bonds is 6. The predicted octanol–water partition coefficient (Wildman–Crippen LogP) is 2.53. The van der Waals surface area contributed by atoms with Gasteiger partial charge in [0.25, 0.3) is 0 Å². The fourth-order valence-electron chi connectivity index (χ4n) is 2.10. The Morgan fingerprint density at radius 1 is 1.45 bits per heavy atom. The molecule has 5 heteroatoms. The van der Waals surface area contributed by atoms with Crippen molar-refractivity contribution in [3.63, 3.8) is 0 Å². The van der Waals surface area contributed by atoms with Crippen molar-refractivity contribution in [2.24, 2.45) is 0 Å². The Bertz CT molecular complexity index is 605. The first kappa shape index (κ1) is 14.3. The van der Waals surface area contributed by atoms with E-state index in [0.717, 1.165) is 12.1 Å². The number of carboxylic acids is 1. The molecule has 2 rings (SSSR count). The van der Waals surface area contributed by atoms with Crippen LogP contribution in [0, 0.1) is 6.92 Å². The van der Waals surface area contributed by atoms with Gasteiger partial charge in [-0.3, -0.25) is 4.98 Å². The van der Waals surface area contributed by atoms with Gasteiger partial charge in [-0.05, 0) is 31.0 Å². The van der Waals surface area contributed by atoms with Crippen molar-refractivity contribution < 1.29 is 14.3 Å². The number of aryl methyl sites for hydroxylation is 2. The molecule has 0 spiro atoms. The second kappa shape index (κ2) is 6.34. The first-order chi connectivity index (χ1) is 9.61. The van der Waals surface area contributed by atoms with E-state index in [1.807, 2.05) is 6.07 Å². The highest BCUT2D eigenvalue weighted by Crippen LogP contribution is 2.14. The monoisotopic (exact) mass is 274 g/mol. The Balaban J connectivity index is 1.96. The summed E-state index contributed by atoms with van der Waals surface area (Å²) in [5.41, 5.74) is 2.86. The zero-order valence-electron chi connectivity index (χ0n) is 11.6. The van der Waals surface area contributed by atoms with Gasteiger partial charge in [-0.25, -0.2) is 4.79 Å². The molecule has 2 heterocycles. The molecule has 0 aliphatic heterocycles. The molecule has 0 aromatic carbocycles. The zero-order valence-corrected chi connectivity index (χ0v) is 11.6. The maximum atomic E-state index is 10.9. The summed E-state index contributed by atoms with van der Waals surface area (Å²) in [6.07, 6.45) is 2.71. The molecule has 0 atom stereocenters. The van der Waals surface area contributed by atoms with Gasteiger partial charge in [0, 0.05) is 18.3 Å². The van der Waals surface area contributed by atoms with Gasteiger partial charge in [0.1, 0.15) is 5.76 Å². The Morgan fingerprint density at radius 3 is 2.90 bits per heavy atom. The maximum absolute atomic E-state index is 10.9. The molecule has 2 N–H and O–H groups in total. The Hall–Kier alpha value is -2.14. The molecule has 0 amide bonds. The molecule has 0 unspecified atom stereocenters. The Kier molecular flexibility index (Phi) is 4.53. The highest BCUT2D eigenvalue weighted by Gasteiger charge is 2.14. The van der Waals surface area contributed by atoms with Crippen LogP contribution in [0.4, 0.5) is 0 Å². The molecule has 5 nitrogen and oxygen atoms in total. The summed E-state index contributed by atoms with van der Waals surface area (Å²) in [4.78, 5) is 15.2. The quantitative estimate of drug-likeness (QED) is 0.846. The van der Waals surface area contributed by atoms with Crippen LogP contribution in [-0.2, 0) is 19.5 Å². The lowest BCUT2D eigenvalue weighted by atomic mass is 10.1. The summed E-state index contributed by atoms with van der Waals surface area (Å²) < 4.78 is 5.29. The van der Waals surface area contributed by atoms with Crippen molar-refractivity contribution in [2.75, 3.05) is 0 Å². The summed E-state index contributed by atoms with van der Waals surface area (Å²) >= 11 is 0. The molecular formula is C15H18N2O3. The van der Waals surface area contributed by atoms with Gasteiger partial charge in [-0.1, -0.05) is 13.0 Å². The van der Waals surface area contributed by atoms with Crippen LogP contribution >= 0.6 is 0 Å². The first-order valence-electron chi connectivity index (χ1n) is 6.58. The summed E-state index contributed by atoms with van der Waals surface area (Å²) in [5, 5.41) is 12.1. The highest BCUT2D eigenvalue weighted by atomic mass is 16.4. The van der Waals surface area contributed by atoms with Crippen LogP contribution in [0.1, 0.15) is 40.1 Å². The van der Waals surface area contributed by atoms with Crippen LogP contribution in [0.3, 0.4) is 0 Å². The van der Waals surface area contributed by atoms with E-state index in [4.69, 9.17) is 9.52 Å². The maximum Gasteiger partial charge on any atom is 0.372 e. The molecule has 106 valence electrons. The molecule has 20 heavy (non-hydrogen) atoms. The average Bonchev–Trinajstić information content (AvgIpc) is 2.80. The minimum atomic E-state index is -1.04. The van der Waals surface area contributed by atoms with E-state index in [1.54, 1.807) is 19.2 Å². The number of carbonyl (C=O) groups is 1. The Labute approximate surface area is 117 Å². The number of nitrogens with zero attached hydrogens (tertiary/aromatic N) is 1. The van der Waals surface area contributed by atoms with Crippen molar-refractivity contribution in [1.82, 2.24) is 10.3 Å². The van der Waals surface area contributed by atoms with Gasteiger partial charge >= 0.3 is 5.97 Å². The van der Waals surface area contributed by atoms with E-state index in [2.05, 4.69) is 23.3 Å². The minimum absolute atomic E-state index is 0.00823. The summed E-state index contributed by atoms with van der Waals surface area (Å²) in [6, 6.07) is 5.73. The normalized spacial score (nSPS) is 10.7. The fourth-order valence-corrected chi connectivity index (χ4v) is 2.10. The average molecular weight is 274 g/mol. The first-order valence-corrected chi connectivity index (χ1v) is 6.58. The van der Waals surface area contributed by atoms with Gasteiger partial charge < -0.3 is 14.8 Å². The Morgan fingerprint density at radius 2 is 2.25 bits per heavy atom. The van der Waals surface area contributed by atoms with Crippen LogP contribution in [0.5, 0.6) is 0 Å². The minimum Gasteiger partial charge on any atom is -0.475 e. The molecule has 0 bridgehead atoms. The molecule has 2 aromatic heterocycles. The zero-order chi connectivity index (χ0) is 14.5. The molecule has 0 aliphatic rings. The third-order valence-electron chi connectivity index (χ3n) is 3.12. The summed E-state index contributed by atoms with van der Waals surface area (Å²) in [7, 11) is 0. The smallest absolute Gasteiger partial charge is 0.372 e. The summed E-state index contributed by atoms with van der Waals surface area (Å²) in [6.45, 7) is 4.93. The third-order valence-corrected chi connectivity index (χ3v) is 3.12. The number of aromatic nitrogens is 1. The molecular weight excluding hydrogens is 256 g/mol. The molecule has 0 radical (unpaired) electrons. The predicted molar refractivity (Wildman–Crippen MR) is 74.6 cm³/mol. The molecule has 0 fully saturated rings. The largest absolute Gasteiger partial charge is 0.475 e. The van der Waals surface area contributed by atoms with Gasteiger partial charge in [-0.2, -0.15) is 0 Å². The fraction of sp³-hybridized carbons (Fsp3) is 0.333. The third kappa shape index (κ3) is 3.24. The van der Waals surface area contributed by atoms with Crippen LogP contribution < -0.4 is 5.32 Å². The van der Waals surface area contributed by atoms with Gasteiger partial charge in [-0.15, -0.1) is 0 Å². The van der Waals surface area contributed by atoms with E-state index in [9.17, 15) is 4.79 Å².